The molecule has 1 spiro atoms. The lowest BCUT2D eigenvalue weighted by Gasteiger charge is -2.53. The van der Waals surface area contributed by atoms with E-state index in [-0.39, 0.29) is 30.8 Å². The summed E-state index contributed by atoms with van der Waals surface area (Å²) in [5.74, 6) is -4.97. The Hall–Kier alpha value is -3.54. The van der Waals surface area contributed by atoms with Gasteiger partial charge in [-0.3, -0.25) is 9.59 Å². The van der Waals surface area contributed by atoms with Gasteiger partial charge in [-0.05, 0) is 57.4 Å². The van der Waals surface area contributed by atoms with Crippen LogP contribution in [0.1, 0.15) is 112 Å². The van der Waals surface area contributed by atoms with Gasteiger partial charge in [-0.1, -0.05) is 82.1 Å². The first-order valence-corrected chi connectivity index (χ1v) is 17.4. The number of aliphatic hydroxyl groups excluding tert-OH is 1. The lowest BCUT2D eigenvalue weighted by atomic mass is 9.78. The molecule has 274 valence electrons. The number of hydrogen-bond acceptors (Lipinski definition) is 8. The van der Waals surface area contributed by atoms with Crippen LogP contribution in [0.25, 0.3) is 0 Å². The Morgan fingerprint density at radius 2 is 1.63 bits per heavy atom. The molecule has 2 aliphatic heterocycles. The molecule has 0 aromatic carbocycles. The van der Waals surface area contributed by atoms with Crippen molar-refractivity contribution in [3.05, 3.63) is 59.8 Å². The van der Waals surface area contributed by atoms with E-state index in [1.54, 1.807) is 38.2 Å². The van der Waals surface area contributed by atoms with Crippen LogP contribution < -0.4 is 0 Å². The number of unbranched alkanes of at least 4 members (excludes halogenated alkanes) is 3. The summed E-state index contributed by atoms with van der Waals surface area (Å²) in [6, 6.07) is 0. The molecule has 2 heterocycles. The Labute approximate surface area is 290 Å². The molecule has 2 saturated heterocycles. The number of rotatable bonds is 19. The molecule has 0 aliphatic carbocycles. The van der Waals surface area contributed by atoms with E-state index in [0.29, 0.717) is 37.7 Å². The Kier molecular flexibility index (Phi) is 17.2. The van der Waals surface area contributed by atoms with Crippen molar-refractivity contribution in [1.82, 2.24) is 0 Å². The SMILES string of the molecule is CCCCCC[C@@]1(OC(=O)CCC(=O)O)CC[C@]2(CC[C@H](C)[C@@H](CC=C(C)C=C[C@H](O)[C@@H](C)C=CC(=O)O)O2)O[C@H]1C=CC(C)=CC(=O)O. The number of carbonyl (C=O) groups is 4. The number of carboxylic acids is 3. The first-order valence-electron chi connectivity index (χ1n) is 17.4. The normalized spacial score (nSPS) is 27.9. The van der Waals surface area contributed by atoms with E-state index in [9.17, 15) is 29.4 Å². The second-order valence-electron chi connectivity index (χ2n) is 13.5. The molecule has 11 heteroatoms. The molecule has 2 aliphatic rings. The topological polar surface area (TPSA) is 177 Å². The van der Waals surface area contributed by atoms with E-state index in [4.69, 9.17) is 24.4 Å². The van der Waals surface area contributed by atoms with Crippen LogP contribution in [0.2, 0.25) is 0 Å². The molecule has 0 radical (unpaired) electrons. The highest BCUT2D eigenvalue weighted by Crippen LogP contribution is 2.48. The smallest absolute Gasteiger partial charge is 0.328 e. The highest BCUT2D eigenvalue weighted by atomic mass is 16.7. The second-order valence-corrected chi connectivity index (χ2v) is 13.5. The highest BCUT2D eigenvalue weighted by molar-refractivity contribution is 5.81. The van der Waals surface area contributed by atoms with Gasteiger partial charge in [-0.2, -0.15) is 0 Å². The van der Waals surface area contributed by atoms with Crippen molar-refractivity contribution in [1.29, 1.82) is 0 Å². The van der Waals surface area contributed by atoms with Gasteiger partial charge in [0, 0.05) is 30.9 Å². The summed E-state index contributed by atoms with van der Waals surface area (Å²) < 4.78 is 19.7. The Morgan fingerprint density at radius 1 is 0.898 bits per heavy atom. The van der Waals surface area contributed by atoms with Gasteiger partial charge in [0.2, 0.25) is 0 Å². The number of esters is 1. The monoisotopic (exact) mass is 688 g/mol. The van der Waals surface area contributed by atoms with Crippen molar-refractivity contribution >= 4 is 23.9 Å². The summed E-state index contributed by atoms with van der Waals surface area (Å²) in [5, 5.41) is 37.6. The van der Waals surface area contributed by atoms with E-state index in [2.05, 4.69) is 13.8 Å². The van der Waals surface area contributed by atoms with Crippen LogP contribution in [0.15, 0.2) is 59.8 Å². The standard InChI is InChI=1S/C38H56O11/c1-6-7-8-9-21-37(49-36(46)19-18-34(42)43)23-24-38(48-32(37)16-12-27(3)25-35(44)45)22-20-29(5)31(47-38)15-11-26(2)10-14-30(39)28(4)13-17-33(40)41/h10-14,16-17,25,28-32,39H,6-9,15,18-24H2,1-5H3,(H,40,41)(H,42,43)(H,44,45)/t28-,29-,30-,31+,32-,37+,38-/m0/s1. The zero-order valence-electron chi connectivity index (χ0n) is 29.6. The van der Waals surface area contributed by atoms with E-state index in [1.165, 1.54) is 6.08 Å². The summed E-state index contributed by atoms with van der Waals surface area (Å²) in [4.78, 5) is 46.3. The van der Waals surface area contributed by atoms with Gasteiger partial charge < -0.3 is 34.6 Å². The molecule has 2 rings (SSSR count). The summed E-state index contributed by atoms with van der Waals surface area (Å²) in [7, 11) is 0. The molecule has 2 fully saturated rings. The number of ether oxygens (including phenoxy) is 3. The summed E-state index contributed by atoms with van der Waals surface area (Å²) in [6.45, 7) is 9.54. The average molecular weight is 689 g/mol. The fourth-order valence-corrected chi connectivity index (χ4v) is 6.18. The maximum absolute atomic E-state index is 13.0. The number of aliphatic carboxylic acids is 3. The van der Waals surface area contributed by atoms with Crippen molar-refractivity contribution in [3.8, 4) is 0 Å². The molecule has 11 nitrogen and oxygen atoms in total. The molecule has 0 saturated carbocycles. The Morgan fingerprint density at radius 3 is 2.29 bits per heavy atom. The average Bonchev–Trinajstić information content (AvgIpc) is 3.04. The molecule has 0 unspecified atom stereocenters. The van der Waals surface area contributed by atoms with E-state index >= 15 is 0 Å². The maximum Gasteiger partial charge on any atom is 0.328 e. The molecule has 4 N–H and O–H groups in total. The van der Waals surface area contributed by atoms with Crippen LogP contribution in [0.3, 0.4) is 0 Å². The third-order valence-electron chi connectivity index (χ3n) is 9.28. The lowest BCUT2D eigenvalue weighted by Crippen LogP contribution is -2.59. The van der Waals surface area contributed by atoms with Crippen LogP contribution in [0, 0.1) is 11.8 Å². The molecule has 0 aromatic heterocycles. The number of aliphatic hydroxyl groups is 1. The molecule has 0 aromatic rings. The summed E-state index contributed by atoms with van der Waals surface area (Å²) in [5.41, 5.74) is 0.319. The zero-order chi connectivity index (χ0) is 36.6. The lowest BCUT2D eigenvalue weighted by molar-refractivity contribution is -0.344. The van der Waals surface area contributed by atoms with Crippen molar-refractivity contribution in [2.45, 2.75) is 141 Å². The van der Waals surface area contributed by atoms with Gasteiger partial charge >= 0.3 is 23.9 Å². The fourth-order valence-electron chi connectivity index (χ4n) is 6.18. The number of carbonyl (C=O) groups excluding carboxylic acids is 1. The van der Waals surface area contributed by atoms with E-state index in [0.717, 1.165) is 49.8 Å². The van der Waals surface area contributed by atoms with Gasteiger partial charge in [-0.25, -0.2) is 9.59 Å². The second kappa shape index (κ2) is 20.2. The molecule has 49 heavy (non-hydrogen) atoms. The van der Waals surface area contributed by atoms with Gasteiger partial charge in [0.1, 0.15) is 11.7 Å². The minimum Gasteiger partial charge on any atom is -0.481 e. The van der Waals surface area contributed by atoms with Crippen molar-refractivity contribution in [3.63, 3.8) is 0 Å². The van der Waals surface area contributed by atoms with Gasteiger partial charge in [0.25, 0.3) is 0 Å². The minimum absolute atomic E-state index is 0.187. The largest absolute Gasteiger partial charge is 0.481 e. The Bertz CT molecular complexity index is 1280. The van der Waals surface area contributed by atoms with Gasteiger partial charge in [0.05, 0.1) is 25.0 Å². The Balaban J connectivity index is 2.34. The molecule has 7 atom stereocenters. The van der Waals surface area contributed by atoms with Gasteiger partial charge in [-0.15, -0.1) is 0 Å². The molecular weight excluding hydrogens is 632 g/mol. The van der Waals surface area contributed by atoms with Crippen LogP contribution in [-0.4, -0.2) is 74.0 Å². The first kappa shape index (κ1) is 41.6. The molecular formula is C38H56O11. The third kappa shape index (κ3) is 14.5. The fraction of sp³-hybridized carbons (Fsp3) is 0.632. The molecule has 0 bridgehead atoms. The minimum atomic E-state index is -1.09. The number of carboxylic acid groups (broad SMARTS) is 3. The predicted molar refractivity (Wildman–Crippen MR) is 185 cm³/mol. The van der Waals surface area contributed by atoms with Crippen molar-refractivity contribution in [2.75, 3.05) is 0 Å². The van der Waals surface area contributed by atoms with Crippen LogP contribution in [-0.2, 0) is 33.4 Å². The zero-order valence-corrected chi connectivity index (χ0v) is 29.6. The quantitative estimate of drug-likeness (QED) is 0.0480. The van der Waals surface area contributed by atoms with Crippen LogP contribution in [0.5, 0.6) is 0 Å². The van der Waals surface area contributed by atoms with E-state index in [1.807, 2.05) is 13.0 Å². The maximum atomic E-state index is 13.0. The van der Waals surface area contributed by atoms with Crippen molar-refractivity contribution < 1.29 is 53.8 Å². The third-order valence-corrected chi connectivity index (χ3v) is 9.28. The number of allylic oxidation sites excluding steroid dienone is 4. The predicted octanol–water partition coefficient (Wildman–Crippen LogP) is 6.91. The molecule has 0 amide bonds. The van der Waals surface area contributed by atoms with E-state index < -0.39 is 47.5 Å². The highest BCUT2D eigenvalue weighted by Gasteiger charge is 2.54. The van der Waals surface area contributed by atoms with Crippen LogP contribution >= 0.6 is 0 Å². The van der Waals surface area contributed by atoms with Crippen molar-refractivity contribution in [2.24, 2.45) is 11.8 Å². The first-order chi connectivity index (χ1) is 23.1. The summed E-state index contributed by atoms with van der Waals surface area (Å²) >= 11 is 0. The van der Waals surface area contributed by atoms with Crippen LogP contribution in [0.4, 0.5) is 0 Å². The summed E-state index contributed by atoms with van der Waals surface area (Å²) in [6.07, 6.45) is 17.2. The number of hydrogen-bond donors (Lipinski definition) is 4. The van der Waals surface area contributed by atoms with Gasteiger partial charge in [0.15, 0.2) is 5.79 Å².